The van der Waals surface area contributed by atoms with Crippen molar-refractivity contribution in [1.82, 2.24) is 10.2 Å². The summed E-state index contributed by atoms with van der Waals surface area (Å²) in [6.45, 7) is 0.654. The van der Waals surface area contributed by atoms with E-state index >= 15 is 0 Å². The lowest BCUT2D eigenvalue weighted by Crippen LogP contribution is -2.53. The first-order valence-corrected chi connectivity index (χ1v) is 16.2. The number of carbonyl (C=O) groups is 2. The lowest BCUT2D eigenvalue weighted by Gasteiger charge is -2.33. The van der Waals surface area contributed by atoms with E-state index in [2.05, 4.69) is 5.32 Å². The second-order valence-corrected chi connectivity index (χ2v) is 13.2. The summed E-state index contributed by atoms with van der Waals surface area (Å²) in [6, 6.07) is 22.6. The summed E-state index contributed by atoms with van der Waals surface area (Å²) in [5.41, 5.74) is 0.298. The van der Waals surface area contributed by atoms with E-state index in [1.807, 2.05) is 0 Å². The molecule has 2 amide bonds. The van der Waals surface area contributed by atoms with Crippen LogP contribution in [-0.4, -0.2) is 44.8 Å². The first-order chi connectivity index (χ1) is 21.7. The van der Waals surface area contributed by atoms with Crippen LogP contribution < -0.4 is 9.62 Å². The first kappa shape index (κ1) is 34.8. The van der Waals surface area contributed by atoms with Gasteiger partial charge in [-0.05, 0) is 60.5 Å². The van der Waals surface area contributed by atoms with Crippen molar-refractivity contribution in [3.8, 4) is 0 Å². The monoisotopic (exact) mass is 691 g/mol. The van der Waals surface area contributed by atoms with Gasteiger partial charge in [-0.3, -0.25) is 13.9 Å². The largest absolute Gasteiger partial charge is 0.417 e. The van der Waals surface area contributed by atoms with Crippen molar-refractivity contribution in [2.75, 3.05) is 17.9 Å². The minimum absolute atomic E-state index is 0.0662. The summed E-state index contributed by atoms with van der Waals surface area (Å²) in [4.78, 5) is 28.6. The number of carbonyl (C=O) groups excluding carboxylic acids is 2. The lowest BCUT2D eigenvalue weighted by atomic mass is 10.0. The van der Waals surface area contributed by atoms with Gasteiger partial charge in [0.15, 0.2) is 0 Å². The number of rotatable bonds is 11. The minimum Gasteiger partial charge on any atom is -0.357 e. The van der Waals surface area contributed by atoms with Gasteiger partial charge in [0, 0.05) is 25.0 Å². The van der Waals surface area contributed by atoms with E-state index in [1.165, 1.54) is 36.2 Å². The van der Waals surface area contributed by atoms with Crippen molar-refractivity contribution in [2.24, 2.45) is 0 Å². The Morgan fingerprint density at radius 2 is 1.52 bits per heavy atom. The van der Waals surface area contributed by atoms with Crippen molar-refractivity contribution < 1.29 is 31.2 Å². The van der Waals surface area contributed by atoms with Crippen molar-refractivity contribution in [2.45, 2.75) is 37.0 Å². The van der Waals surface area contributed by atoms with Crippen molar-refractivity contribution >= 4 is 50.7 Å². The Bertz CT molecular complexity index is 1810. The molecular weight excluding hydrogens is 662 g/mol. The fraction of sp³-hybridized carbons (Fsp3) is 0.212. The molecule has 0 aromatic heterocycles. The molecule has 0 fully saturated rings. The molecule has 0 saturated heterocycles. The average Bonchev–Trinajstić information content (AvgIpc) is 3.01. The number of alkyl halides is 3. The fourth-order valence-electron chi connectivity index (χ4n) is 4.80. The van der Waals surface area contributed by atoms with E-state index in [0.717, 1.165) is 23.3 Å². The number of nitrogens with one attached hydrogen (secondary N) is 1. The molecule has 0 unspecified atom stereocenters. The van der Waals surface area contributed by atoms with Gasteiger partial charge in [-0.2, -0.15) is 13.2 Å². The maximum atomic E-state index is 14.3. The molecule has 4 rings (SSSR count). The predicted octanol–water partition coefficient (Wildman–Crippen LogP) is 6.90. The van der Waals surface area contributed by atoms with Gasteiger partial charge in [-0.1, -0.05) is 83.4 Å². The van der Waals surface area contributed by atoms with E-state index in [0.29, 0.717) is 21.0 Å². The Morgan fingerprint density at radius 1 is 0.870 bits per heavy atom. The second-order valence-electron chi connectivity index (χ2n) is 10.5. The summed E-state index contributed by atoms with van der Waals surface area (Å²) >= 11 is 12.0. The average molecular weight is 693 g/mol. The van der Waals surface area contributed by atoms with Crippen LogP contribution in [0.2, 0.25) is 10.0 Å². The highest BCUT2D eigenvalue weighted by Gasteiger charge is 2.37. The number of hydrogen-bond acceptors (Lipinski definition) is 4. The molecule has 0 spiro atoms. The SMILES string of the molecule is CNC(=O)[C@@H](Cc1ccccc1)N(Cc1cccc(Cl)c1)C(=O)CN(c1ccc(Cl)c(C(F)(F)F)c1)S(=O)(=O)c1ccc(C)cc1. The van der Waals surface area contributed by atoms with Crippen LogP contribution in [0.25, 0.3) is 0 Å². The zero-order valence-electron chi connectivity index (χ0n) is 24.8. The van der Waals surface area contributed by atoms with Gasteiger partial charge < -0.3 is 10.2 Å². The topological polar surface area (TPSA) is 86.8 Å². The van der Waals surface area contributed by atoms with Crippen LogP contribution in [0, 0.1) is 6.92 Å². The minimum atomic E-state index is -4.91. The van der Waals surface area contributed by atoms with Gasteiger partial charge >= 0.3 is 6.18 Å². The molecule has 0 aliphatic heterocycles. The van der Waals surface area contributed by atoms with Crippen molar-refractivity contribution in [3.63, 3.8) is 0 Å². The molecule has 7 nitrogen and oxygen atoms in total. The molecule has 1 N–H and O–H groups in total. The van der Waals surface area contributed by atoms with Crippen LogP contribution in [0.5, 0.6) is 0 Å². The highest BCUT2D eigenvalue weighted by atomic mass is 35.5. The third-order valence-electron chi connectivity index (χ3n) is 7.19. The normalized spacial score (nSPS) is 12.3. The zero-order chi connectivity index (χ0) is 33.6. The van der Waals surface area contributed by atoms with Crippen molar-refractivity contribution in [3.05, 3.63) is 129 Å². The highest BCUT2D eigenvalue weighted by Crippen LogP contribution is 2.38. The molecule has 13 heteroatoms. The lowest BCUT2D eigenvalue weighted by molar-refractivity contribution is -0.139. The van der Waals surface area contributed by atoms with E-state index in [1.54, 1.807) is 61.5 Å². The molecule has 242 valence electrons. The summed E-state index contributed by atoms with van der Waals surface area (Å²) in [7, 11) is -3.21. The fourth-order valence-corrected chi connectivity index (χ4v) is 6.65. The van der Waals surface area contributed by atoms with Gasteiger partial charge in [-0.25, -0.2) is 8.42 Å². The van der Waals surface area contributed by atoms with E-state index < -0.39 is 56.9 Å². The molecule has 0 radical (unpaired) electrons. The summed E-state index contributed by atoms with van der Waals surface area (Å²) in [5, 5.41) is 2.29. The van der Waals surface area contributed by atoms with Gasteiger partial charge in [0.1, 0.15) is 12.6 Å². The Morgan fingerprint density at radius 3 is 2.13 bits per heavy atom. The van der Waals surface area contributed by atoms with Crippen LogP contribution in [0.1, 0.15) is 22.3 Å². The molecule has 0 heterocycles. The van der Waals surface area contributed by atoms with Crippen molar-refractivity contribution in [1.29, 1.82) is 0 Å². The number of halogens is 5. The number of sulfonamides is 1. The molecule has 0 aliphatic rings. The third kappa shape index (κ3) is 8.39. The number of aryl methyl sites for hydroxylation is 1. The van der Waals surface area contributed by atoms with Crippen LogP contribution in [0.3, 0.4) is 0 Å². The van der Waals surface area contributed by atoms with Gasteiger partial charge in [0.2, 0.25) is 11.8 Å². The quantitative estimate of drug-likeness (QED) is 0.185. The Balaban J connectivity index is 1.85. The van der Waals surface area contributed by atoms with Gasteiger partial charge in [0.05, 0.1) is 21.2 Å². The highest BCUT2D eigenvalue weighted by molar-refractivity contribution is 7.92. The molecule has 46 heavy (non-hydrogen) atoms. The Hall–Kier alpha value is -4.06. The number of nitrogens with zero attached hydrogens (tertiary/aromatic N) is 2. The van der Waals surface area contributed by atoms with Crippen LogP contribution in [0.4, 0.5) is 18.9 Å². The molecule has 4 aromatic rings. The van der Waals surface area contributed by atoms with Crippen LogP contribution in [-0.2, 0) is 38.8 Å². The third-order valence-corrected chi connectivity index (χ3v) is 9.54. The molecule has 0 saturated carbocycles. The van der Waals surface area contributed by atoms with Crippen LogP contribution >= 0.6 is 23.2 Å². The summed E-state index contributed by atoms with van der Waals surface area (Å²) in [5.74, 6) is -1.37. The maximum absolute atomic E-state index is 14.3. The maximum Gasteiger partial charge on any atom is 0.417 e. The smallest absolute Gasteiger partial charge is 0.357 e. The summed E-state index contributed by atoms with van der Waals surface area (Å²) < 4.78 is 70.3. The first-order valence-electron chi connectivity index (χ1n) is 14.0. The Kier molecular flexibility index (Phi) is 11.0. The number of amides is 2. The van der Waals surface area contributed by atoms with E-state index in [4.69, 9.17) is 23.2 Å². The van der Waals surface area contributed by atoms with E-state index in [-0.39, 0.29) is 17.9 Å². The Labute approximate surface area is 275 Å². The molecular formula is C33H30Cl2F3N3O4S. The molecule has 0 bridgehead atoms. The van der Waals surface area contributed by atoms with Crippen LogP contribution in [0.15, 0.2) is 102 Å². The number of hydrogen-bond donors (Lipinski definition) is 1. The number of anilines is 1. The second kappa shape index (κ2) is 14.6. The standard InChI is InChI=1S/C33H30Cl2F3N3O4S/c1-22-11-14-27(15-12-22)46(44,45)41(26-13-16-29(35)28(19-26)33(36,37)38)21-31(42)40(20-24-9-6-10-25(34)17-24)30(32(43)39-2)18-23-7-4-3-5-8-23/h3-17,19,30H,18,20-21H2,1-2H3,(H,39,43)/t30-/m1/s1. The predicted molar refractivity (Wildman–Crippen MR) is 172 cm³/mol. The molecule has 4 aromatic carbocycles. The number of benzene rings is 4. The molecule has 0 aliphatic carbocycles. The van der Waals surface area contributed by atoms with E-state index in [9.17, 15) is 31.2 Å². The molecule has 1 atom stereocenters. The zero-order valence-corrected chi connectivity index (χ0v) is 27.1. The number of likely N-dealkylation sites (N-methyl/N-ethyl adjacent to an activating group) is 1. The van der Waals surface area contributed by atoms with Gasteiger partial charge in [0.25, 0.3) is 10.0 Å². The summed E-state index contributed by atoms with van der Waals surface area (Å²) in [6.07, 6.45) is -4.84. The van der Waals surface area contributed by atoms with Gasteiger partial charge in [-0.15, -0.1) is 0 Å².